The van der Waals surface area contributed by atoms with Gasteiger partial charge >= 0.3 is 0 Å². The second-order valence-electron chi connectivity index (χ2n) is 5.52. The van der Waals surface area contributed by atoms with Crippen LogP contribution in [0, 0.1) is 0 Å². The Morgan fingerprint density at radius 2 is 1.74 bits per heavy atom. The molecule has 2 aromatic rings. The highest BCUT2D eigenvalue weighted by Crippen LogP contribution is 2.32. The third-order valence-electron chi connectivity index (χ3n) is 4.01. The summed E-state index contributed by atoms with van der Waals surface area (Å²) in [5, 5.41) is 4.14. The van der Waals surface area contributed by atoms with E-state index in [2.05, 4.69) is 39.9 Å². The third-order valence-corrected chi connectivity index (χ3v) is 5.76. The second-order valence-corrected chi connectivity index (χ2v) is 7.58. The minimum Gasteiger partial charge on any atom is -0.335 e. The Hall–Kier alpha value is -1.91. The van der Waals surface area contributed by atoms with Crippen LogP contribution in [0.25, 0.3) is 0 Å². The van der Waals surface area contributed by atoms with Crippen LogP contribution in [0.5, 0.6) is 0 Å². The first kappa shape index (κ1) is 16.0. The Bertz CT molecular complexity index is 687. The zero-order chi connectivity index (χ0) is 16.1. The molecule has 0 bridgehead atoms. The number of aldehydes is 1. The summed E-state index contributed by atoms with van der Waals surface area (Å²) in [4.78, 5) is 16.9. The lowest BCUT2D eigenvalue weighted by atomic mass is 9.88. The van der Waals surface area contributed by atoms with Crippen LogP contribution in [0.4, 0.5) is 0 Å². The monoisotopic (exact) mass is 341 g/mol. The normalized spacial score (nSPS) is 16.2. The molecule has 0 unspecified atom stereocenters. The maximum absolute atomic E-state index is 12.3. The smallest absolute Gasteiger partial charge is 0.146 e. The van der Waals surface area contributed by atoms with Crippen molar-refractivity contribution in [2.45, 2.75) is 25.3 Å². The number of rotatable bonds is 6. The first-order valence-corrected chi connectivity index (χ1v) is 9.35. The van der Waals surface area contributed by atoms with Gasteiger partial charge in [0.05, 0.1) is 0 Å². The molecule has 0 fully saturated rings. The number of allylic oxidation sites excluding steroid dienone is 4. The number of carbonyl (C=O) groups is 1. The highest BCUT2D eigenvalue weighted by Gasteiger charge is 2.38. The number of carbonyl (C=O) groups excluding carboxylic acids is 1. The molecule has 2 nitrogen and oxygen atoms in total. The van der Waals surface area contributed by atoms with Gasteiger partial charge in [0.25, 0.3) is 0 Å². The van der Waals surface area contributed by atoms with E-state index in [1.807, 2.05) is 37.4 Å². The highest BCUT2D eigenvalue weighted by atomic mass is 32.1. The van der Waals surface area contributed by atoms with Crippen molar-refractivity contribution in [2.75, 3.05) is 0 Å². The van der Waals surface area contributed by atoms with Crippen molar-refractivity contribution >= 4 is 29.0 Å². The Labute approximate surface area is 145 Å². The van der Waals surface area contributed by atoms with E-state index in [1.165, 1.54) is 9.75 Å². The van der Waals surface area contributed by atoms with E-state index in [1.54, 1.807) is 22.7 Å². The van der Waals surface area contributed by atoms with Crippen molar-refractivity contribution < 1.29 is 4.79 Å². The molecule has 1 aliphatic rings. The van der Waals surface area contributed by atoms with E-state index in [0.29, 0.717) is 12.8 Å². The SMILES string of the molecule is C/C=C1\C=CC=CN1C(C=O)(Cc1cccs1)Cc1cccs1. The zero-order valence-electron chi connectivity index (χ0n) is 13.0. The average molecular weight is 342 g/mol. The van der Waals surface area contributed by atoms with Crippen LogP contribution in [0.1, 0.15) is 16.7 Å². The van der Waals surface area contributed by atoms with Gasteiger partial charge in [-0.25, -0.2) is 0 Å². The minimum atomic E-state index is -0.598. The summed E-state index contributed by atoms with van der Waals surface area (Å²) >= 11 is 3.41. The molecule has 0 saturated heterocycles. The van der Waals surface area contributed by atoms with Gasteiger partial charge in [0.15, 0.2) is 0 Å². The third kappa shape index (κ3) is 3.38. The van der Waals surface area contributed by atoms with Crippen molar-refractivity contribution in [3.05, 3.63) is 81.0 Å². The summed E-state index contributed by atoms with van der Waals surface area (Å²) < 4.78 is 0. The molecule has 0 amide bonds. The largest absolute Gasteiger partial charge is 0.335 e. The number of hydrogen-bond acceptors (Lipinski definition) is 4. The fourth-order valence-electron chi connectivity index (χ4n) is 2.90. The number of nitrogens with zero attached hydrogens (tertiary/aromatic N) is 1. The average Bonchev–Trinajstić information content (AvgIpc) is 3.28. The van der Waals surface area contributed by atoms with Crippen LogP contribution >= 0.6 is 22.7 Å². The van der Waals surface area contributed by atoms with Crippen LogP contribution in [0.2, 0.25) is 0 Å². The molecule has 0 radical (unpaired) electrons. The molecule has 0 aliphatic carbocycles. The van der Waals surface area contributed by atoms with Crippen LogP contribution in [-0.2, 0) is 17.6 Å². The van der Waals surface area contributed by atoms with Crippen LogP contribution in [0.15, 0.2) is 71.2 Å². The molecule has 23 heavy (non-hydrogen) atoms. The summed E-state index contributed by atoms with van der Waals surface area (Å²) in [6, 6.07) is 8.30. The zero-order valence-corrected chi connectivity index (χ0v) is 14.6. The van der Waals surface area contributed by atoms with Crippen molar-refractivity contribution in [3.8, 4) is 0 Å². The van der Waals surface area contributed by atoms with Gasteiger partial charge in [-0.2, -0.15) is 0 Å². The van der Waals surface area contributed by atoms with E-state index in [0.717, 1.165) is 12.0 Å². The summed E-state index contributed by atoms with van der Waals surface area (Å²) in [5.41, 5.74) is 0.464. The topological polar surface area (TPSA) is 20.3 Å². The lowest BCUT2D eigenvalue weighted by molar-refractivity contribution is -0.116. The summed E-state index contributed by atoms with van der Waals surface area (Å²) in [6.07, 6.45) is 12.7. The molecular weight excluding hydrogens is 322 g/mol. The van der Waals surface area contributed by atoms with Gasteiger partial charge in [-0.05, 0) is 42.0 Å². The van der Waals surface area contributed by atoms with Crippen molar-refractivity contribution in [1.29, 1.82) is 0 Å². The summed E-state index contributed by atoms with van der Waals surface area (Å²) in [5.74, 6) is 0. The van der Waals surface area contributed by atoms with Crippen molar-refractivity contribution in [1.82, 2.24) is 4.90 Å². The molecule has 2 aromatic heterocycles. The van der Waals surface area contributed by atoms with E-state index in [4.69, 9.17) is 0 Å². The molecule has 0 atom stereocenters. The molecular formula is C19H19NOS2. The minimum absolute atomic E-state index is 0.598. The second kappa shape index (κ2) is 7.11. The molecule has 4 heteroatoms. The van der Waals surface area contributed by atoms with Crippen LogP contribution in [-0.4, -0.2) is 16.7 Å². The predicted octanol–water partition coefficient (Wildman–Crippen LogP) is 4.82. The molecule has 1 aliphatic heterocycles. The molecule has 0 saturated carbocycles. The Balaban J connectivity index is 2.02. The standard InChI is InChI=1S/C19H19NOS2/c1-2-16-7-3-4-10-20(16)19(15-21,13-17-8-5-11-22-17)14-18-9-6-12-23-18/h2-12,15H,13-14H2,1H3/b16-2+. The van der Waals surface area contributed by atoms with E-state index >= 15 is 0 Å². The lowest BCUT2D eigenvalue weighted by Crippen LogP contribution is -2.50. The van der Waals surface area contributed by atoms with E-state index < -0.39 is 5.54 Å². The molecule has 3 rings (SSSR count). The Morgan fingerprint density at radius 3 is 2.22 bits per heavy atom. The van der Waals surface area contributed by atoms with Crippen LogP contribution < -0.4 is 0 Å². The van der Waals surface area contributed by atoms with Gasteiger partial charge in [0.2, 0.25) is 0 Å². The summed E-state index contributed by atoms with van der Waals surface area (Å²) in [6.45, 7) is 2.01. The maximum Gasteiger partial charge on any atom is 0.146 e. The van der Waals surface area contributed by atoms with Gasteiger partial charge in [-0.15, -0.1) is 22.7 Å². The molecule has 0 N–H and O–H groups in total. The van der Waals surface area contributed by atoms with Gasteiger partial charge < -0.3 is 9.69 Å². The van der Waals surface area contributed by atoms with Gasteiger partial charge in [-0.3, -0.25) is 0 Å². The highest BCUT2D eigenvalue weighted by molar-refractivity contribution is 7.10. The first-order chi connectivity index (χ1) is 11.3. The molecule has 0 spiro atoms. The predicted molar refractivity (Wildman–Crippen MR) is 98.7 cm³/mol. The number of thiophene rings is 2. The number of hydrogen-bond donors (Lipinski definition) is 0. The Kier molecular flexibility index (Phi) is 4.94. The van der Waals surface area contributed by atoms with E-state index in [9.17, 15) is 4.79 Å². The quantitative estimate of drug-likeness (QED) is 0.702. The van der Waals surface area contributed by atoms with Gasteiger partial charge in [0.1, 0.15) is 11.8 Å². The fraction of sp³-hybridized carbons (Fsp3) is 0.211. The maximum atomic E-state index is 12.3. The van der Waals surface area contributed by atoms with E-state index in [-0.39, 0.29) is 0 Å². The van der Waals surface area contributed by atoms with Crippen molar-refractivity contribution in [2.24, 2.45) is 0 Å². The molecule has 118 valence electrons. The molecule has 0 aromatic carbocycles. The first-order valence-electron chi connectivity index (χ1n) is 7.59. The Morgan fingerprint density at radius 1 is 1.09 bits per heavy atom. The van der Waals surface area contributed by atoms with Gasteiger partial charge in [0, 0.05) is 34.5 Å². The lowest BCUT2D eigenvalue weighted by Gasteiger charge is -2.41. The van der Waals surface area contributed by atoms with Gasteiger partial charge in [-0.1, -0.05) is 24.3 Å². The fourth-order valence-corrected chi connectivity index (χ4v) is 4.54. The summed E-state index contributed by atoms with van der Waals surface area (Å²) in [7, 11) is 0. The van der Waals surface area contributed by atoms with Crippen LogP contribution in [0.3, 0.4) is 0 Å². The molecule has 3 heterocycles. The van der Waals surface area contributed by atoms with Crippen molar-refractivity contribution in [3.63, 3.8) is 0 Å².